The molecule has 96 valence electrons. The van der Waals surface area contributed by atoms with Crippen LogP contribution in [0.2, 0.25) is 0 Å². The number of hydrogen-bond acceptors (Lipinski definition) is 5. The first kappa shape index (κ1) is 12.9. The number of aromatic nitrogens is 2. The molecule has 0 aliphatic rings. The van der Waals surface area contributed by atoms with Gasteiger partial charge in [-0.25, -0.2) is 13.5 Å². The van der Waals surface area contributed by atoms with Crippen LogP contribution in [0.25, 0.3) is 0 Å². The van der Waals surface area contributed by atoms with Gasteiger partial charge >= 0.3 is 0 Å². The van der Waals surface area contributed by atoms with Crippen molar-refractivity contribution in [3.63, 3.8) is 0 Å². The van der Waals surface area contributed by atoms with Gasteiger partial charge in [0.05, 0.1) is 4.90 Å². The fourth-order valence-electron chi connectivity index (χ4n) is 1.50. The highest BCUT2D eigenvalue weighted by atomic mass is 32.2. The molecule has 0 spiro atoms. The molecule has 1 atom stereocenters. The Morgan fingerprint density at radius 2 is 1.94 bits per heavy atom. The zero-order valence-corrected chi connectivity index (χ0v) is 11.1. The Hall–Kier alpha value is -1.51. The van der Waals surface area contributed by atoms with Gasteiger partial charge in [0.1, 0.15) is 6.26 Å². The summed E-state index contributed by atoms with van der Waals surface area (Å²) < 4.78 is 36.2. The molecule has 0 aliphatic heterocycles. The average molecular weight is 285 g/mol. The van der Waals surface area contributed by atoms with Crippen molar-refractivity contribution in [3.05, 3.63) is 30.3 Å². The summed E-state index contributed by atoms with van der Waals surface area (Å²) in [6.45, 7) is 0. The van der Waals surface area contributed by atoms with Crippen LogP contribution in [0.3, 0.4) is 0 Å². The predicted molar refractivity (Wildman–Crippen MR) is 67.2 cm³/mol. The number of aromatic amines is 1. The number of benzene rings is 1. The minimum Gasteiger partial charge on any atom is -0.610 e. The van der Waals surface area contributed by atoms with Gasteiger partial charge in [-0.15, -0.1) is 0 Å². The van der Waals surface area contributed by atoms with Crippen molar-refractivity contribution in [1.82, 2.24) is 10.2 Å². The standard InChI is InChI=1S/C10H11N3O3S2/c1-17(14)10-8(9(11)12-13-10)18(15,16)7-5-3-2-4-6-7/h2-6H,1H3,(H3,11,12,13). The van der Waals surface area contributed by atoms with E-state index in [0.29, 0.717) is 0 Å². The van der Waals surface area contributed by atoms with E-state index < -0.39 is 21.0 Å². The number of nitrogens with two attached hydrogens (primary N) is 1. The molecule has 1 aromatic heterocycles. The molecule has 2 aromatic rings. The van der Waals surface area contributed by atoms with Crippen molar-refractivity contribution in [3.8, 4) is 0 Å². The van der Waals surface area contributed by atoms with Gasteiger partial charge in [0, 0.05) is 11.2 Å². The first-order valence-corrected chi connectivity index (χ1v) is 7.96. The van der Waals surface area contributed by atoms with Crippen molar-refractivity contribution in [2.75, 3.05) is 12.0 Å². The number of nitrogens with zero attached hydrogens (tertiary/aromatic N) is 1. The summed E-state index contributed by atoms with van der Waals surface area (Å²) in [4.78, 5) is -0.126. The largest absolute Gasteiger partial charge is 0.610 e. The van der Waals surface area contributed by atoms with Gasteiger partial charge in [0.25, 0.3) is 5.03 Å². The lowest BCUT2D eigenvalue weighted by molar-refractivity contribution is 0.583. The summed E-state index contributed by atoms with van der Waals surface area (Å²) in [5, 5.41) is 6.02. The third-order valence-corrected chi connectivity index (χ3v) is 5.17. The molecular formula is C10H11N3O3S2. The number of sulfone groups is 1. The third kappa shape index (κ3) is 2.09. The first-order valence-electron chi connectivity index (χ1n) is 4.92. The minimum atomic E-state index is -3.81. The van der Waals surface area contributed by atoms with E-state index >= 15 is 0 Å². The third-order valence-electron chi connectivity index (χ3n) is 2.33. The number of nitrogen functional groups attached to an aromatic ring is 1. The molecule has 0 aliphatic carbocycles. The van der Waals surface area contributed by atoms with Crippen molar-refractivity contribution < 1.29 is 13.0 Å². The maximum absolute atomic E-state index is 12.4. The molecule has 0 radical (unpaired) electrons. The Kier molecular flexibility index (Phi) is 3.33. The summed E-state index contributed by atoms with van der Waals surface area (Å²) in [6.07, 6.45) is 1.36. The highest BCUT2D eigenvalue weighted by molar-refractivity contribution is 7.94. The molecule has 0 saturated carbocycles. The maximum Gasteiger partial charge on any atom is 0.261 e. The molecule has 0 bridgehead atoms. The van der Waals surface area contributed by atoms with E-state index in [2.05, 4.69) is 10.2 Å². The number of H-pyrrole nitrogens is 1. The van der Waals surface area contributed by atoms with Crippen molar-refractivity contribution >= 4 is 26.8 Å². The van der Waals surface area contributed by atoms with Crippen molar-refractivity contribution in [2.45, 2.75) is 14.8 Å². The van der Waals surface area contributed by atoms with Crippen molar-refractivity contribution in [1.29, 1.82) is 0 Å². The van der Waals surface area contributed by atoms with Gasteiger partial charge in [-0.2, -0.15) is 5.10 Å². The highest BCUT2D eigenvalue weighted by Gasteiger charge is 2.31. The average Bonchev–Trinajstić information content (AvgIpc) is 2.73. The molecule has 1 unspecified atom stereocenters. The number of nitrogens with one attached hydrogen (secondary N) is 1. The van der Waals surface area contributed by atoms with Crippen LogP contribution in [0.5, 0.6) is 0 Å². The molecule has 0 saturated heterocycles. The Morgan fingerprint density at radius 3 is 2.50 bits per heavy atom. The Balaban J connectivity index is 2.66. The van der Waals surface area contributed by atoms with Gasteiger partial charge in [0.15, 0.2) is 10.7 Å². The van der Waals surface area contributed by atoms with Crippen LogP contribution in [-0.2, 0) is 21.0 Å². The maximum atomic E-state index is 12.4. The number of hydrogen-bond donors (Lipinski definition) is 2. The SMILES string of the molecule is C[S+]([O-])c1[nH]nc(N)c1S(=O)(=O)c1ccccc1. The fraction of sp³-hybridized carbons (Fsp3) is 0.100. The lowest BCUT2D eigenvalue weighted by Gasteiger charge is -2.06. The molecule has 1 heterocycles. The Labute approximate surface area is 107 Å². The Bertz CT molecular complexity index is 650. The summed E-state index contributed by atoms with van der Waals surface area (Å²) in [7, 11) is -3.81. The lowest BCUT2D eigenvalue weighted by Crippen LogP contribution is -2.09. The van der Waals surface area contributed by atoms with Crippen LogP contribution < -0.4 is 5.73 Å². The molecule has 3 N–H and O–H groups in total. The van der Waals surface area contributed by atoms with Gasteiger partial charge in [0.2, 0.25) is 9.84 Å². The van der Waals surface area contributed by atoms with Gasteiger partial charge in [-0.05, 0) is 12.1 Å². The van der Waals surface area contributed by atoms with E-state index in [4.69, 9.17) is 5.73 Å². The minimum absolute atomic E-state index is 0.0105. The van der Waals surface area contributed by atoms with Gasteiger partial charge < -0.3 is 10.3 Å². The van der Waals surface area contributed by atoms with Crippen molar-refractivity contribution in [2.24, 2.45) is 0 Å². The summed E-state index contributed by atoms with van der Waals surface area (Å²) >= 11 is -1.52. The molecule has 1 aromatic carbocycles. The molecule has 8 heteroatoms. The molecular weight excluding hydrogens is 274 g/mol. The second-order valence-corrected chi connectivity index (χ2v) is 6.74. The van der Waals surface area contributed by atoms with E-state index in [1.54, 1.807) is 18.2 Å². The van der Waals surface area contributed by atoms with Crippen LogP contribution in [0.1, 0.15) is 0 Å². The zero-order valence-electron chi connectivity index (χ0n) is 9.45. The molecule has 0 fully saturated rings. The Morgan fingerprint density at radius 1 is 1.33 bits per heavy atom. The van der Waals surface area contributed by atoms with Crippen LogP contribution in [0, 0.1) is 0 Å². The van der Waals surface area contributed by atoms with Crippen LogP contribution in [0.15, 0.2) is 45.1 Å². The zero-order chi connectivity index (χ0) is 13.3. The van der Waals surface area contributed by atoms with E-state index in [9.17, 15) is 13.0 Å². The monoisotopic (exact) mass is 285 g/mol. The lowest BCUT2D eigenvalue weighted by atomic mass is 10.4. The normalized spacial score (nSPS) is 13.4. The van der Waals surface area contributed by atoms with E-state index in [1.165, 1.54) is 18.4 Å². The number of anilines is 1. The van der Waals surface area contributed by atoms with E-state index in [0.717, 1.165) is 0 Å². The number of rotatable bonds is 3. The van der Waals surface area contributed by atoms with E-state index in [1.807, 2.05) is 0 Å². The van der Waals surface area contributed by atoms with Gasteiger partial charge in [-0.1, -0.05) is 18.2 Å². The molecule has 0 amide bonds. The van der Waals surface area contributed by atoms with Crippen LogP contribution >= 0.6 is 0 Å². The summed E-state index contributed by atoms with van der Waals surface area (Å²) in [5.41, 5.74) is 5.55. The molecule has 6 nitrogen and oxygen atoms in total. The second-order valence-electron chi connectivity index (χ2n) is 3.54. The quantitative estimate of drug-likeness (QED) is 0.800. The van der Waals surface area contributed by atoms with Crippen LogP contribution in [0.4, 0.5) is 5.82 Å². The first-order chi connectivity index (χ1) is 8.44. The van der Waals surface area contributed by atoms with Crippen LogP contribution in [-0.4, -0.2) is 29.4 Å². The smallest absolute Gasteiger partial charge is 0.261 e. The summed E-state index contributed by atoms with van der Waals surface area (Å²) in [5.74, 6) is -0.177. The fourth-order valence-corrected chi connectivity index (χ4v) is 4.08. The molecule has 18 heavy (non-hydrogen) atoms. The predicted octanol–water partition coefficient (Wildman–Crippen LogP) is 0.562. The summed E-state index contributed by atoms with van der Waals surface area (Å²) in [6, 6.07) is 7.81. The van der Waals surface area contributed by atoms with E-state index in [-0.39, 0.29) is 20.6 Å². The second kappa shape index (κ2) is 4.63. The molecule has 2 rings (SSSR count). The highest BCUT2D eigenvalue weighted by Crippen LogP contribution is 2.29. The topological polar surface area (TPSA) is 112 Å². The van der Waals surface area contributed by atoms with Gasteiger partial charge in [-0.3, -0.25) is 0 Å².